The molecule has 2 atom stereocenters. The van der Waals surface area contributed by atoms with Gasteiger partial charge in [0, 0.05) is 18.2 Å². The number of oxazole rings is 1. The van der Waals surface area contributed by atoms with Crippen molar-refractivity contribution in [3.63, 3.8) is 0 Å². The van der Waals surface area contributed by atoms with E-state index in [9.17, 15) is 4.79 Å². The van der Waals surface area contributed by atoms with Gasteiger partial charge in [-0.2, -0.15) is 0 Å². The van der Waals surface area contributed by atoms with Crippen LogP contribution in [0.25, 0.3) is 11.1 Å². The molecule has 2 aromatic rings. The van der Waals surface area contributed by atoms with Crippen LogP contribution in [-0.2, 0) is 4.79 Å². The minimum atomic E-state index is 0.0417. The zero-order valence-corrected chi connectivity index (χ0v) is 12.1. The summed E-state index contributed by atoms with van der Waals surface area (Å²) in [5.41, 5.74) is 2.42. The molecule has 1 aromatic carbocycles. The number of carbonyl (C=O) groups is 1. The summed E-state index contributed by atoms with van der Waals surface area (Å²) in [4.78, 5) is 16.8. The van der Waals surface area contributed by atoms with Gasteiger partial charge in [-0.3, -0.25) is 4.79 Å². The average Bonchev–Trinajstić information content (AvgIpc) is 3.09. The summed E-state index contributed by atoms with van der Waals surface area (Å²) in [6.07, 6.45) is 2.34. The number of nitrogens with one attached hydrogen (secondary N) is 2. The standard InChI is InChI=1S/C16H19N3O2/c1-9-7-17-8-12(9)15(20)18-11-4-5-14-13(6-11)19-16(21-14)10-2-3-10/h4-6,9-10,12,17H,2-3,7-8H2,1H3,(H,18,20). The van der Waals surface area contributed by atoms with Gasteiger partial charge in [0.2, 0.25) is 5.91 Å². The molecule has 1 aromatic heterocycles. The Hall–Kier alpha value is -1.88. The Morgan fingerprint density at radius 3 is 2.95 bits per heavy atom. The van der Waals surface area contributed by atoms with Crippen LogP contribution in [0.2, 0.25) is 0 Å². The van der Waals surface area contributed by atoms with Gasteiger partial charge in [0.05, 0.1) is 5.92 Å². The van der Waals surface area contributed by atoms with Crippen molar-refractivity contribution >= 4 is 22.7 Å². The van der Waals surface area contributed by atoms with E-state index in [1.807, 2.05) is 18.2 Å². The van der Waals surface area contributed by atoms with E-state index < -0.39 is 0 Å². The second-order valence-corrected chi connectivity index (χ2v) is 6.24. The van der Waals surface area contributed by atoms with E-state index in [0.29, 0.717) is 11.8 Å². The fraction of sp³-hybridized carbons (Fsp3) is 0.500. The summed E-state index contributed by atoms with van der Waals surface area (Å²) in [6.45, 7) is 3.77. The molecule has 2 N–H and O–H groups in total. The maximum absolute atomic E-state index is 12.3. The highest BCUT2D eigenvalue weighted by atomic mass is 16.3. The maximum Gasteiger partial charge on any atom is 0.229 e. The molecule has 5 heteroatoms. The van der Waals surface area contributed by atoms with E-state index in [4.69, 9.17) is 4.42 Å². The lowest BCUT2D eigenvalue weighted by Gasteiger charge is -2.14. The van der Waals surface area contributed by atoms with Gasteiger partial charge in [-0.25, -0.2) is 4.98 Å². The fourth-order valence-corrected chi connectivity index (χ4v) is 2.92. The Balaban J connectivity index is 1.54. The number of hydrogen-bond acceptors (Lipinski definition) is 4. The summed E-state index contributed by atoms with van der Waals surface area (Å²) in [6, 6.07) is 5.67. The fourth-order valence-electron chi connectivity index (χ4n) is 2.92. The summed E-state index contributed by atoms with van der Waals surface area (Å²) in [7, 11) is 0. The first-order valence-electron chi connectivity index (χ1n) is 7.63. The molecule has 2 unspecified atom stereocenters. The topological polar surface area (TPSA) is 67.2 Å². The number of anilines is 1. The molecule has 1 amide bonds. The molecular weight excluding hydrogens is 266 g/mol. The number of benzene rings is 1. The smallest absolute Gasteiger partial charge is 0.229 e. The highest BCUT2D eigenvalue weighted by molar-refractivity contribution is 5.94. The number of hydrogen-bond donors (Lipinski definition) is 2. The Morgan fingerprint density at radius 2 is 2.24 bits per heavy atom. The lowest BCUT2D eigenvalue weighted by atomic mass is 9.97. The summed E-state index contributed by atoms with van der Waals surface area (Å²) < 4.78 is 5.73. The number of nitrogens with zero attached hydrogens (tertiary/aromatic N) is 1. The van der Waals surface area contributed by atoms with Crippen molar-refractivity contribution in [2.75, 3.05) is 18.4 Å². The highest BCUT2D eigenvalue weighted by Gasteiger charge is 2.30. The zero-order chi connectivity index (χ0) is 14.4. The van der Waals surface area contributed by atoms with Crippen LogP contribution in [0.3, 0.4) is 0 Å². The minimum Gasteiger partial charge on any atom is -0.440 e. The predicted molar refractivity (Wildman–Crippen MR) is 80.1 cm³/mol. The third-order valence-corrected chi connectivity index (χ3v) is 4.45. The Labute approximate surface area is 123 Å². The lowest BCUT2D eigenvalue weighted by molar-refractivity contribution is -0.120. The molecule has 1 saturated heterocycles. The van der Waals surface area contributed by atoms with Gasteiger partial charge in [0.15, 0.2) is 11.5 Å². The van der Waals surface area contributed by atoms with Gasteiger partial charge >= 0.3 is 0 Å². The molecule has 0 spiro atoms. The molecule has 0 radical (unpaired) electrons. The molecule has 0 bridgehead atoms. The van der Waals surface area contributed by atoms with Gasteiger partial charge in [-0.1, -0.05) is 6.92 Å². The van der Waals surface area contributed by atoms with Crippen LogP contribution in [0.5, 0.6) is 0 Å². The van der Waals surface area contributed by atoms with Crippen LogP contribution in [0.4, 0.5) is 5.69 Å². The summed E-state index contributed by atoms with van der Waals surface area (Å²) in [5, 5.41) is 6.25. The molecule has 5 nitrogen and oxygen atoms in total. The molecule has 2 fully saturated rings. The lowest BCUT2D eigenvalue weighted by Crippen LogP contribution is -2.27. The number of fused-ring (bicyclic) bond motifs is 1. The van der Waals surface area contributed by atoms with Crippen molar-refractivity contribution in [2.45, 2.75) is 25.7 Å². The van der Waals surface area contributed by atoms with E-state index in [1.54, 1.807) is 0 Å². The first-order chi connectivity index (χ1) is 10.2. The van der Waals surface area contributed by atoms with Crippen molar-refractivity contribution < 1.29 is 9.21 Å². The third-order valence-electron chi connectivity index (χ3n) is 4.45. The van der Waals surface area contributed by atoms with Crippen molar-refractivity contribution in [3.8, 4) is 0 Å². The number of rotatable bonds is 3. The van der Waals surface area contributed by atoms with Crippen LogP contribution in [0, 0.1) is 11.8 Å². The summed E-state index contributed by atoms with van der Waals surface area (Å²) >= 11 is 0. The van der Waals surface area contributed by atoms with Crippen molar-refractivity contribution in [1.82, 2.24) is 10.3 Å². The van der Waals surface area contributed by atoms with E-state index in [-0.39, 0.29) is 11.8 Å². The maximum atomic E-state index is 12.3. The molecular formula is C16H19N3O2. The van der Waals surface area contributed by atoms with E-state index in [1.165, 1.54) is 12.8 Å². The quantitative estimate of drug-likeness (QED) is 0.909. The largest absolute Gasteiger partial charge is 0.440 e. The molecule has 1 saturated carbocycles. The average molecular weight is 285 g/mol. The SMILES string of the molecule is CC1CNCC1C(=O)Nc1ccc2oc(C3CC3)nc2c1. The van der Waals surface area contributed by atoms with Crippen molar-refractivity contribution in [3.05, 3.63) is 24.1 Å². The van der Waals surface area contributed by atoms with Gasteiger partial charge in [0.1, 0.15) is 5.52 Å². The van der Waals surface area contributed by atoms with Crippen LogP contribution >= 0.6 is 0 Å². The first kappa shape index (κ1) is 12.8. The molecule has 1 aliphatic carbocycles. The molecule has 1 aliphatic heterocycles. The van der Waals surface area contributed by atoms with Gasteiger partial charge < -0.3 is 15.1 Å². The molecule has 2 heterocycles. The molecule has 2 aliphatic rings. The predicted octanol–water partition coefficient (Wildman–Crippen LogP) is 2.50. The van der Waals surface area contributed by atoms with E-state index in [0.717, 1.165) is 35.8 Å². The highest BCUT2D eigenvalue weighted by Crippen LogP contribution is 2.40. The van der Waals surface area contributed by atoms with Crippen LogP contribution in [0.1, 0.15) is 31.6 Å². The molecule has 21 heavy (non-hydrogen) atoms. The Kier molecular flexibility index (Phi) is 2.96. The van der Waals surface area contributed by atoms with Gasteiger partial charge in [0.25, 0.3) is 0 Å². The number of amides is 1. The molecule has 110 valence electrons. The Bertz CT molecular complexity index is 690. The first-order valence-corrected chi connectivity index (χ1v) is 7.63. The number of carbonyl (C=O) groups excluding carboxylic acids is 1. The van der Waals surface area contributed by atoms with E-state index in [2.05, 4.69) is 22.5 Å². The van der Waals surface area contributed by atoms with Crippen LogP contribution in [0.15, 0.2) is 22.6 Å². The van der Waals surface area contributed by atoms with E-state index >= 15 is 0 Å². The minimum absolute atomic E-state index is 0.0417. The van der Waals surface area contributed by atoms with Gasteiger partial charge in [-0.15, -0.1) is 0 Å². The molecule has 4 rings (SSSR count). The zero-order valence-electron chi connectivity index (χ0n) is 12.1. The second kappa shape index (κ2) is 4.84. The monoisotopic (exact) mass is 285 g/mol. The van der Waals surface area contributed by atoms with Gasteiger partial charge in [-0.05, 0) is 43.5 Å². The summed E-state index contributed by atoms with van der Waals surface area (Å²) in [5.74, 6) is 1.84. The van der Waals surface area contributed by atoms with Crippen molar-refractivity contribution in [1.29, 1.82) is 0 Å². The van der Waals surface area contributed by atoms with Crippen LogP contribution in [-0.4, -0.2) is 24.0 Å². The van der Waals surface area contributed by atoms with Crippen LogP contribution < -0.4 is 10.6 Å². The van der Waals surface area contributed by atoms with Crippen molar-refractivity contribution in [2.24, 2.45) is 11.8 Å². The second-order valence-electron chi connectivity index (χ2n) is 6.24. The Morgan fingerprint density at radius 1 is 1.38 bits per heavy atom. The number of aromatic nitrogens is 1. The normalized spacial score (nSPS) is 25.4. The third kappa shape index (κ3) is 2.42.